The van der Waals surface area contributed by atoms with Crippen molar-refractivity contribution in [3.8, 4) is 11.3 Å². The van der Waals surface area contributed by atoms with Crippen LogP contribution in [0, 0.1) is 0 Å². The third-order valence-corrected chi connectivity index (χ3v) is 4.87. The molecule has 0 aliphatic carbocycles. The molecule has 1 amide bonds. The number of halogens is 2. The van der Waals surface area contributed by atoms with Crippen molar-refractivity contribution in [1.29, 1.82) is 0 Å². The lowest BCUT2D eigenvalue weighted by Crippen LogP contribution is -2.25. The third-order valence-electron chi connectivity index (χ3n) is 3.32. The molecule has 0 fully saturated rings. The van der Waals surface area contributed by atoms with Gasteiger partial charge in [0.2, 0.25) is 0 Å². The van der Waals surface area contributed by atoms with Gasteiger partial charge in [-0.25, -0.2) is 0 Å². The van der Waals surface area contributed by atoms with E-state index < -0.39 is 0 Å². The number of furan rings is 1. The summed E-state index contributed by atoms with van der Waals surface area (Å²) in [6.07, 6.45) is 0. The van der Waals surface area contributed by atoms with Gasteiger partial charge in [0.05, 0.1) is 15.9 Å². The van der Waals surface area contributed by atoms with E-state index in [1.807, 2.05) is 30.3 Å². The Morgan fingerprint density at radius 1 is 1.13 bits per heavy atom. The SMILES string of the molecule is CN(Cc1ccc(Cl)s1)C(=O)c1ccc(-c2ccccc2Cl)o1. The van der Waals surface area contributed by atoms with Gasteiger partial charge in [-0.2, -0.15) is 0 Å². The van der Waals surface area contributed by atoms with Gasteiger partial charge in [0, 0.05) is 17.5 Å². The summed E-state index contributed by atoms with van der Waals surface area (Å²) >= 11 is 13.5. The van der Waals surface area contributed by atoms with Gasteiger partial charge in [0.15, 0.2) is 5.76 Å². The average Bonchev–Trinajstić information content (AvgIpc) is 3.16. The van der Waals surface area contributed by atoms with Gasteiger partial charge in [-0.3, -0.25) is 4.79 Å². The first-order valence-electron chi connectivity index (χ1n) is 6.89. The Morgan fingerprint density at radius 3 is 2.61 bits per heavy atom. The number of carbonyl (C=O) groups excluding carboxylic acids is 1. The molecule has 118 valence electrons. The molecule has 0 aliphatic rings. The van der Waals surface area contributed by atoms with Crippen molar-refractivity contribution in [2.24, 2.45) is 0 Å². The summed E-state index contributed by atoms with van der Waals surface area (Å²) in [6, 6.07) is 14.5. The monoisotopic (exact) mass is 365 g/mol. The molecule has 1 aromatic carbocycles. The lowest BCUT2D eigenvalue weighted by Gasteiger charge is -2.14. The molecule has 0 saturated carbocycles. The molecule has 6 heteroatoms. The average molecular weight is 366 g/mol. The van der Waals surface area contributed by atoms with Gasteiger partial charge in [-0.05, 0) is 36.4 Å². The number of nitrogens with zero attached hydrogens (tertiary/aromatic N) is 1. The second-order valence-corrected chi connectivity index (χ2v) is 7.22. The van der Waals surface area contributed by atoms with Crippen LogP contribution in [0.15, 0.2) is 52.9 Å². The third kappa shape index (κ3) is 3.61. The topological polar surface area (TPSA) is 33.5 Å². The fourth-order valence-electron chi connectivity index (χ4n) is 2.19. The van der Waals surface area contributed by atoms with Gasteiger partial charge >= 0.3 is 0 Å². The summed E-state index contributed by atoms with van der Waals surface area (Å²) in [5, 5.41) is 0.586. The van der Waals surface area contributed by atoms with Crippen LogP contribution in [0.25, 0.3) is 11.3 Å². The number of hydrogen-bond donors (Lipinski definition) is 0. The maximum Gasteiger partial charge on any atom is 0.289 e. The number of thiophene rings is 1. The Balaban J connectivity index is 1.77. The second kappa shape index (κ2) is 6.79. The molecule has 3 nitrogen and oxygen atoms in total. The molecule has 2 heterocycles. The second-order valence-electron chi connectivity index (χ2n) is 5.01. The van der Waals surface area contributed by atoms with Crippen molar-refractivity contribution in [1.82, 2.24) is 4.90 Å². The van der Waals surface area contributed by atoms with E-state index in [2.05, 4.69) is 0 Å². The summed E-state index contributed by atoms with van der Waals surface area (Å²) in [7, 11) is 1.73. The maximum atomic E-state index is 12.5. The standard InChI is InChI=1S/C17H13Cl2NO2S/c1-20(10-11-6-9-16(19)23-11)17(21)15-8-7-14(22-15)12-4-2-3-5-13(12)18/h2-9H,10H2,1H3. The van der Waals surface area contributed by atoms with E-state index in [9.17, 15) is 4.79 Å². The Morgan fingerprint density at radius 2 is 1.91 bits per heavy atom. The highest BCUT2D eigenvalue weighted by Gasteiger charge is 2.18. The van der Waals surface area contributed by atoms with Crippen LogP contribution < -0.4 is 0 Å². The summed E-state index contributed by atoms with van der Waals surface area (Å²) in [5.74, 6) is 0.671. The van der Waals surface area contributed by atoms with Crippen molar-refractivity contribution in [3.63, 3.8) is 0 Å². The van der Waals surface area contributed by atoms with Gasteiger partial charge in [-0.15, -0.1) is 11.3 Å². The number of hydrogen-bond acceptors (Lipinski definition) is 3. The van der Waals surface area contributed by atoms with Gasteiger partial charge in [-0.1, -0.05) is 35.3 Å². The fraction of sp³-hybridized carbons (Fsp3) is 0.118. The normalized spacial score (nSPS) is 10.7. The molecule has 3 aromatic rings. The van der Waals surface area contributed by atoms with Crippen LogP contribution in [-0.4, -0.2) is 17.9 Å². The molecule has 0 unspecified atom stereocenters. The Bertz CT molecular complexity index is 840. The Labute approximate surface area is 148 Å². The molecule has 2 aromatic heterocycles. The van der Waals surface area contributed by atoms with E-state index in [0.29, 0.717) is 21.7 Å². The van der Waals surface area contributed by atoms with Crippen LogP contribution in [0.3, 0.4) is 0 Å². The molecular weight excluding hydrogens is 353 g/mol. The minimum atomic E-state index is -0.187. The zero-order chi connectivity index (χ0) is 16.4. The number of benzene rings is 1. The van der Waals surface area contributed by atoms with Crippen molar-refractivity contribution in [2.45, 2.75) is 6.54 Å². The van der Waals surface area contributed by atoms with Crippen LogP contribution in [0.5, 0.6) is 0 Å². The van der Waals surface area contributed by atoms with Crippen LogP contribution in [0.4, 0.5) is 0 Å². The van der Waals surface area contributed by atoms with Crippen molar-refractivity contribution in [2.75, 3.05) is 7.05 Å². The van der Waals surface area contributed by atoms with Crippen LogP contribution >= 0.6 is 34.5 Å². The number of amides is 1. The Hall–Kier alpha value is -1.75. The zero-order valence-corrected chi connectivity index (χ0v) is 14.6. The highest BCUT2D eigenvalue weighted by molar-refractivity contribution is 7.16. The van der Waals surface area contributed by atoms with Crippen LogP contribution in [0.1, 0.15) is 15.4 Å². The highest BCUT2D eigenvalue weighted by Crippen LogP contribution is 2.29. The minimum absolute atomic E-state index is 0.187. The van der Waals surface area contributed by atoms with E-state index in [4.69, 9.17) is 27.6 Å². The lowest BCUT2D eigenvalue weighted by molar-refractivity contribution is 0.0756. The Kier molecular flexibility index (Phi) is 4.76. The highest BCUT2D eigenvalue weighted by atomic mass is 35.5. The van der Waals surface area contributed by atoms with Crippen LogP contribution in [0.2, 0.25) is 9.36 Å². The van der Waals surface area contributed by atoms with Crippen molar-refractivity contribution in [3.05, 3.63) is 68.5 Å². The van der Waals surface area contributed by atoms with E-state index >= 15 is 0 Å². The van der Waals surface area contributed by atoms with E-state index in [1.54, 1.807) is 30.1 Å². The first kappa shape index (κ1) is 16.1. The molecule has 3 rings (SSSR count). The van der Waals surface area contributed by atoms with Crippen LogP contribution in [-0.2, 0) is 6.54 Å². The predicted molar refractivity (Wildman–Crippen MR) is 94.3 cm³/mol. The summed E-state index contributed by atoms with van der Waals surface area (Å²) < 4.78 is 6.39. The quantitative estimate of drug-likeness (QED) is 0.603. The van der Waals surface area contributed by atoms with Gasteiger partial charge < -0.3 is 9.32 Å². The molecule has 0 spiro atoms. The maximum absolute atomic E-state index is 12.5. The lowest BCUT2D eigenvalue weighted by atomic mass is 10.2. The minimum Gasteiger partial charge on any atom is -0.451 e. The molecule has 0 radical (unpaired) electrons. The van der Waals surface area contributed by atoms with E-state index in [1.165, 1.54) is 11.3 Å². The number of rotatable bonds is 4. The molecule has 0 saturated heterocycles. The predicted octanol–water partition coefficient (Wildman–Crippen LogP) is 5.59. The fourth-order valence-corrected chi connectivity index (χ4v) is 3.56. The van der Waals surface area contributed by atoms with Crippen molar-refractivity contribution < 1.29 is 9.21 Å². The van der Waals surface area contributed by atoms with Gasteiger partial charge in [0.1, 0.15) is 5.76 Å². The molecule has 0 N–H and O–H groups in total. The molecule has 0 aliphatic heterocycles. The zero-order valence-electron chi connectivity index (χ0n) is 12.3. The first-order valence-corrected chi connectivity index (χ1v) is 8.46. The summed E-state index contributed by atoms with van der Waals surface area (Å²) in [5.41, 5.74) is 0.765. The largest absolute Gasteiger partial charge is 0.451 e. The van der Waals surface area contributed by atoms with Crippen molar-refractivity contribution >= 4 is 40.4 Å². The molecular formula is C17H13Cl2NO2S. The number of carbonyl (C=O) groups is 1. The molecule has 23 heavy (non-hydrogen) atoms. The van der Waals surface area contributed by atoms with E-state index in [0.717, 1.165) is 10.4 Å². The smallest absolute Gasteiger partial charge is 0.289 e. The molecule has 0 atom stereocenters. The summed E-state index contributed by atoms with van der Waals surface area (Å²) in [6.45, 7) is 0.484. The van der Waals surface area contributed by atoms with Gasteiger partial charge in [0.25, 0.3) is 5.91 Å². The van der Waals surface area contributed by atoms with E-state index in [-0.39, 0.29) is 11.7 Å². The molecule has 0 bridgehead atoms. The first-order chi connectivity index (χ1) is 11.0. The summed E-state index contributed by atoms with van der Waals surface area (Å²) in [4.78, 5) is 15.1.